The van der Waals surface area contributed by atoms with Gasteiger partial charge in [0.05, 0.1) is 5.60 Å². The second-order valence-corrected chi connectivity index (χ2v) is 4.86. The fraction of sp³-hybridized carbons (Fsp3) is 0.500. The van der Waals surface area contributed by atoms with Gasteiger partial charge in [0.2, 0.25) is 0 Å². The summed E-state index contributed by atoms with van der Waals surface area (Å²) in [6.45, 7) is 5.52. The third kappa shape index (κ3) is 3.18. The number of hydrogen-bond acceptors (Lipinski definition) is 1. The van der Waals surface area contributed by atoms with Crippen molar-refractivity contribution in [2.24, 2.45) is 5.92 Å². The molecule has 0 fully saturated rings. The van der Waals surface area contributed by atoms with E-state index in [1.54, 1.807) is 13.0 Å². The van der Waals surface area contributed by atoms with Crippen molar-refractivity contribution in [2.45, 2.75) is 32.8 Å². The molecule has 1 N–H and O–H groups in total. The lowest BCUT2D eigenvalue weighted by Crippen LogP contribution is -2.33. The van der Waals surface area contributed by atoms with Gasteiger partial charge in [0.25, 0.3) is 0 Å². The van der Waals surface area contributed by atoms with E-state index >= 15 is 0 Å². The zero-order valence-electron chi connectivity index (χ0n) is 9.22. The number of hydrogen-bond donors (Lipinski definition) is 1. The van der Waals surface area contributed by atoms with Gasteiger partial charge in [-0.05, 0) is 36.6 Å². The van der Waals surface area contributed by atoms with Crippen LogP contribution in [0.5, 0.6) is 0 Å². The zero-order chi connectivity index (χ0) is 11.6. The highest BCUT2D eigenvalue weighted by molar-refractivity contribution is 6.30. The molecule has 0 aliphatic heterocycles. The fourth-order valence-corrected chi connectivity index (χ4v) is 1.46. The quantitative estimate of drug-likeness (QED) is 0.844. The second-order valence-electron chi connectivity index (χ2n) is 4.42. The van der Waals surface area contributed by atoms with E-state index in [1.807, 2.05) is 13.8 Å². The molecule has 1 unspecified atom stereocenters. The van der Waals surface area contributed by atoms with E-state index in [0.717, 1.165) is 0 Å². The van der Waals surface area contributed by atoms with Gasteiger partial charge >= 0.3 is 0 Å². The highest BCUT2D eigenvalue weighted by Crippen LogP contribution is 2.24. The zero-order valence-corrected chi connectivity index (χ0v) is 9.98. The molecule has 0 radical (unpaired) electrons. The summed E-state index contributed by atoms with van der Waals surface area (Å²) in [6.07, 6.45) is 0.275. The van der Waals surface area contributed by atoms with Gasteiger partial charge in [-0.15, -0.1) is 0 Å². The largest absolute Gasteiger partial charge is 0.390 e. The average molecular weight is 231 g/mol. The summed E-state index contributed by atoms with van der Waals surface area (Å²) < 4.78 is 13.4. The summed E-state index contributed by atoms with van der Waals surface area (Å²) in [5.74, 6) is -0.254. The highest BCUT2D eigenvalue weighted by atomic mass is 35.5. The van der Waals surface area contributed by atoms with Crippen molar-refractivity contribution in [1.82, 2.24) is 0 Å². The molecule has 0 aliphatic rings. The topological polar surface area (TPSA) is 20.2 Å². The molecule has 0 bridgehead atoms. The minimum Gasteiger partial charge on any atom is -0.390 e. The first-order valence-electron chi connectivity index (χ1n) is 4.99. The molecule has 3 heteroatoms. The molecule has 0 aliphatic carbocycles. The lowest BCUT2D eigenvalue weighted by Gasteiger charge is -2.27. The monoisotopic (exact) mass is 230 g/mol. The first-order valence-corrected chi connectivity index (χ1v) is 5.37. The molecule has 1 aromatic rings. The molecule has 15 heavy (non-hydrogen) atoms. The van der Waals surface area contributed by atoms with Crippen molar-refractivity contribution in [3.05, 3.63) is 34.6 Å². The van der Waals surface area contributed by atoms with E-state index in [2.05, 4.69) is 0 Å². The van der Waals surface area contributed by atoms with E-state index in [-0.39, 0.29) is 18.2 Å². The van der Waals surface area contributed by atoms with Crippen molar-refractivity contribution >= 4 is 11.6 Å². The molecule has 84 valence electrons. The minimum atomic E-state index is -0.911. The Balaban J connectivity index is 2.94. The summed E-state index contributed by atoms with van der Waals surface area (Å²) in [5, 5.41) is 10.5. The van der Waals surface area contributed by atoms with E-state index in [0.29, 0.717) is 10.6 Å². The van der Waals surface area contributed by atoms with E-state index in [1.165, 1.54) is 12.1 Å². The molecule has 0 saturated heterocycles. The summed E-state index contributed by atoms with van der Waals surface area (Å²) in [7, 11) is 0. The molecule has 0 heterocycles. The van der Waals surface area contributed by atoms with Crippen LogP contribution in [-0.4, -0.2) is 10.7 Å². The predicted molar refractivity (Wildman–Crippen MR) is 60.6 cm³/mol. The molecule has 1 nitrogen and oxygen atoms in total. The van der Waals surface area contributed by atoms with Gasteiger partial charge in [0.15, 0.2) is 0 Å². The standard InChI is InChI=1S/C12H16ClFO/c1-8(2)12(3,15)7-9-6-10(13)4-5-11(9)14/h4-6,8,15H,7H2,1-3H3. The van der Waals surface area contributed by atoms with Crippen LogP contribution in [-0.2, 0) is 6.42 Å². The Bertz CT molecular complexity index is 347. The Hall–Kier alpha value is -0.600. The lowest BCUT2D eigenvalue weighted by molar-refractivity contribution is 0.0132. The molecule has 0 saturated carbocycles. The molecular formula is C12H16ClFO. The van der Waals surface area contributed by atoms with Crippen LogP contribution >= 0.6 is 11.6 Å². The SMILES string of the molecule is CC(C)C(C)(O)Cc1cc(Cl)ccc1F. The Morgan fingerprint density at radius 2 is 2.07 bits per heavy atom. The third-order valence-corrected chi connectivity index (χ3v) is 3.04. The third-order valence-electron chi connectivity index (χ3n) is 2.80. The fourth-order valence-electron chi connectivity index (χ4n) is 1.27. The van der Waals surface area contributed by atoms with Crippen LogP contribution in [0.3, 0.4) is 0 Å². The summed E-state index contributed by atoms with van der Waals surface area (Å²) in [5.41, 5.74) is -0.452. The normalized spacial score (nSPS) is 15.4. The number of halogens is 2. The van der Waals surface area contributed by atoms with Crippen LogP contribution < -0.4 is 0 Å². The highest BCUT2D eigenvalue weighted by Gasteiger charge is 2.26. The molecule has 0 amide bonds. The maximum absolute atomic E-state index is 13.4. The van der Waals surface area contributed by atoms with Crippen LogP contribution in [0, 0.1) is 11.7 Å². The van der Waals surface area contributed by atoms with Gasteiger partial charge in [-0.2, -0.15) is 0 Å². The Morgan fingerprint density at radius 3 is 2.60 bits per heavy atom. The Kier molecular flexibility index (Phi) is 3.74. The summed E-state index contributed by atoms with van der Waals surface area (Å²) in [6, 6.07) is 4.40. The predicted octanol–water partition coefficient (Wildman–Crippen LogP) is 3.43. The second kappa shape index (κ2) is 4.50. The first-order chi connectivity index (χ1) is 6.83. The lowest BCUT2D eigenvalue weighted by atomic mass is 9.86. The Morgan fingerprint density at radius 1 is 1.47 bits per heavy atom. The smallest absolute Gasteiger partial charge is 0.126 e. The van der Waals surface area contributed by atoms with Crippen LogP contribution in [0.2, 0.25) is 5.02 Å². The van der Waals surface area contributed by atoms with Gasteiger partial charge in [0, 0.05) is 11.4 Å². The van der Waals surface area contributed by atoms with Crippen molar-refractivity contribution < 1.29 is 9.50 Å². The van der Waals surface area contributed by atoms with Crippen LogP contribution in [0.1, 0.15) is 26.3 Å². The van der Waals surface area contributed by atoms with Crippen molar-refractivity contribution in [1.29, 1.82) is 0 Å². The maximum atomic E-state index is 13.4. The van der Waals surface area contributed by atoms with Gasteiger partial charge in [-0.3, -0.25) is 0 Å². The van der Waals surface area contributed by atoms with Crippen LogP contribution in [0.15, 0.2) is 18.2 Å². The van der Waals surface area contributed by atoms with Gasteiger partial charge < -0.3 is 5.11 Å². The maximum Gasteiger partial charge on any atom is 0.126 e. The summed E-state index contributed by atoms with van der Waals surface area (Å²) >= 11 is 5.78. The Labute approximate surface area is 94.9 Å². The number of rotatable bonds is 3. The number of benzene rings is 1. The van der Waals surface area contributed by atoms with Gasteiger partial charge in [-0.25, -0.2) is 4.39 Å². The molecule has 0 aromatic heterocycles. The summed E-state index contributed by atoms with van der Waals surface area (Å²) in [4.78, 5) is 0. The minimum absolute atomic E-state index is 0.0656. The number of aliphatic hydroxyl groups is 1. The average Bonchev–Trinajstić information content (AvgIpc) is 2.10. The van der Waals surface area contributed by atoms with Gasteiger partial charge in [-0.1, -0.05) is 25.4 Å². The van der Waals surface area contributed by atoms with Gasteiger partial charge in [0.1, 0.15) is 5.82 Å². The molecule has 1 aromatic carbocycles. The van der Waals surface area contributed by atoms with Crippen molar-refractivity contribution in [2.75, 3.05) is 0 Å². The molecule has 1 atom stereocenters. The van der Waals surface area contributed by atoms with Crippen LogP contribution in [0.25, 0.3) is 0 Å². The van der Waals surface area contributed by atoms with Crippen molar-refractivity contribution in [3.8, 4) is 0 Å². The van der Waals surface area contributed by atoms with E-state index in [4.69, 9.17) is 11.6 Å². The van der Waals surface area contributed by atoms with Crippen molar-refractivity contribution in [3.63, 3.8) is 0 Å². The van der Waals surface area contributed by atoms with E-state index in [9.17, 15) is 9.50 Å². The first kappa shape index (κ1) is 12.5. The molecular weight excluding hydrogens is 215 g/mol. The molecule has 1 rings (SSSR count). The van der Waals surface area contributed by atoms with Crippen LogP contribution in [0.4, 0.5) is 4.39 Å². The van der Waals surface area contributed by atoms with E-state index < -0.39 is 5.60 Å². The molecule has 0 spiro atoms.